The van der Waals surface area contributed by atoms with Crippen LogP contribution in [0, 0.1) is 0 Å². The molecule has 1 aromatic rings. The highest BCUT2D eigenvalue weighted by Crippen LogP contribution is 2.38. The number of hydrogen-bond donors (Lipinski definition) is 2. The van der Waals surface area contributed by atoms with Crippen LogP contribution in [0.25, 0.3) is 0 Å². The van der Waals surface area contributed by atoms with E-state index >= 15 is 0 Å². The molecule has 0 aliphatic carbocycles. The van der Waals surface area contributed by atoms with Gasteiger partial charge in [-0.15, -0.1) is 0 Å². The van der Waals surface area contributed by atoms with Gasteiger partial charge in [0, 0.05) is 6.20 Å². The number of hydrogen-bond acceptors (Lipinski definition) is 5. The third-order valence-electron chi connectivity index (χ3n) is 3.71. The minimum Gasteiger partial charge on any atom is -0.367 e. The smallest absolute Gasteiger partial charge is 0.241 e. The number of anilines is 1. The molecule has 1 unspecified atom stereocenters. The monoisotopic (exact) mass is 313 g/mol. The van der Waals surface area contributed by atoms with E-state index in [1.165, 1.54) is 19.3 Å². The third kappa shape index (κ3) is 3.53. The summed E-state index contributed by atoms with van der Waals surface area (Å²) in [5.41, 5.74) is -0.489. The van der Waals surface area contributed by atoms with E-state index in [1.807, 2.05) is 13.8 Å². The Labute approximate surface area is 126 Å². The van der Waals surface area contributed by atoms with Crippen LogP contribution in [0.3, 0.4) is 0 Å². The van der Waals surface area contributed by atoms with Crippen molar-refractivity contribution in [1.82, 2.24) is 9.71 Å². The van der Waals surface area contributed by atoms with Gasteiger partial charge in [-0.1, -0.05) is 0 Å². The van der Waals surface area contributed by atoms with Gasteiger partial charge in [0.25, 0.3) is 0 Å². The van der Waals surface area contributed by atoms with Crippen LogP contribution in [0.4, 0.5) is 5.82 Å². The summed E-state index contributed by atoms with van der Waals surface area (Å²) in [4.78, 5) is 4.33. The van der Waals surface area contributed by atoms with Crippen molar-refractivity contribution in [3.8, 4) is 0 Å². The predicted molar refractivity (Wildman–Crippen MR) is 81.8 cm³/mol. The fourth-order valence-electron chi connectivity index (χ4n) is 2.71. The van der Waals surface area contributed by atoms with E-state index in [4.69, 9.17) is 4.74 Å². The molecule has 0 spiro atoms. The highest BCUT2D eigenvalue weighted by molar-refractivity contribution is 7.89. The highest BCUT2D eigenvalue weighted by atomic mass is 32.2. The number of pyridine rings is 1. The summed E-state index contributed by atoms with van der Waals surface area (Å²) in [5, 5.41) is 3.33. The second-order valence-electron chi connectivity index (χ2n) is 6.45. The van der Waals surface area contributed by atoms with Gasteiger partial charge in [-0.3, -0.25) is 0 Å². The van der Waals surface area contributed by atoms with Crippen molar-refractivity contribution in [2.75, 3.05) is 12.4 Å². The third-order valence-corrected chi connectivity index (χ3v) is 5.11. The van der Waals surface area contributed by atoms with Gasteiger partial charge in [0.15, 0.2) is 0 Å². The van der Waals surface area contributed by atoms with Crippen molar-refractivity contribution in [3.63, 3.8) is 0 Å². The molecular formula is C14H23N3O3S. The van der Waals surface area contributed by atoms with E-state index in [1.54, 1.807) is 6.07 Å². The van der Waals surface area contributed by atoms with Crippen LogP contribution in [0.15, 0.2) is 23.2 Å². The van der Waals surface area contributed by atoms with Crippen molar-refractivity contribution in [2.45, 2.75) is 56.3 Å². The van der Waals surface area contributed by atoms with Crippen LogP contribution < -0.4 is 10.0 Å². The molecule has 2 N–H and O–H groups in total. The Morgan fingerprint density at radius 1 is 1.29 bits per heavy atom. The standard InChI is InChI=1S/C14H23N3O3S/c1-13(2)8-11(14(3,4)20-13)17-12-7-6-10(9-16-12)21(18,19)15-5/h6-7,9,11,15H,8H2,1-5H3,(H,16,17). The van der Waals surface area contributed by atoms with Gasteiger partial charge in [0.1, 0.15) is 10.7 Å². The molecule has 1 saturated heterocycles. The topological polar surface area (TPSA) is 80.3 Å². The van der Waals surface area contributed by atoms with E-state index in [-0.39, 0.29) is 22.1 Å². The summed E-state index contributed by atoms with van der Waals surface area (Å²) >= 11 is 0. The molecule has 1 aliphatic heterocycles. The molecule has 7 heteroatoms. The number of ether oxygens (including phenoxy) is 1. The van der Waals surface area contributed by atoms with Crippen molar-refractivity contribution < 1.29 is 13.2 Å². The van der Waals surface area contributed by atoms with Crippen LogP contribution in [0.2, 0.25) is 0 Å². The molecular weight excluding hydrogens is 290 g/mol. The molecule has 6 nitrogen and oxygen atoms in total. The summed E-state index contributed by atoms with van der Waals surface area (Å²) in [6, 6.07) is 3.33. The van der Waals surface area contributed by atoms with E-state index in [0.717, 1.165) is 6.42 Å². The van der Waals surface area contributed by atoms with Crippen LogP contribution in [0.1, 0.15) is 34.1 Å². The van der Waals surface area contributed by atoms with E-state index < -0.39 is 10.0 Å². The first-order valence-corrected chi connectivity index (χ1v) is 8.40. The van der Waals surface area contributed by atoms with Gasteiger partial charge < -0.3 is 10.1 Å². The first-order valence-electron chi connectivity index (χ1n) is 6.92. The summed E-state index contributed by atoms with van der Waals surface area (Å²) in [6.07, 6.45) is 2.21. The number of sulfonamides is 1. The predicted octanol–water partition coefficient (Wildman–Crippen LogP) is 1.75. The van der Waals surface area contributed by atoms with Crippen molar-refractivity contribution >= 4 is 15.8 Å². The number of nitrogens with one attached hydrogen (secondary N) is 2. The molecule has 0 saturated carbocycles. The first-order chi connectivity index (χ1) is 9.56. The summed E-state index contributed by atoms with van der Waals surface area (Å²) in [7, 11) is -2.07. The average molecular weight is 313 g/mol. The van der Waals surface area contributed by atoms with Gasteiger partial charge in [0.05, 0.1) is 17.2 Å². The van der Waals surface area contributed by atoms with Crippen LogP contribution in [-0.4, -0.2) is 37.7 Å². The molecule has 2 rings (SSSR count). The minimum absolute atomic E-state index is 0.117. The molecule has 1 aromatic heterocycles. The lowest BCUT2D eigenvalue weighted by atomic mass is 9.94. The van der Waals surface area contributed by atoms with Crippen LogP contribution in [-0.2, 0) is 14.8 Å². The van der Waals surface area contributed by atoms with E-state index in [0.29, 0.717) is 5.82 Å². The second-order valence-corrected chi connectivity index (χ2v) is 8.34. The average Bonchev–Trinajstić information content (AvgIpc) is 2.57. The van der Waals surface area contributed by atoms with Gasteiger partial charge in [0.2, 0.25) is 10.0 Å². The fourth-order valence-corrected chi connectivity index (χ4v) is 3.38. The maximum Gasteiger partial charge on any atom is 0.241 e. The number of aromatic nitrogens is 1. The first kappa shape index (κ1) is 16.2. The largest absolute Gasteiger partial charge is 0.367 e. The molecule has 1 atom stereocenters. The normalized spacial score (nSPS) is 24.0. The Bertz CT molecular complexity index is 609. The quantitative estimate of drug-likeness (QED) is 0.885. The lowest BCUT2D eigenvalue weighted by Crippen LogP contribution is -2.38. The zero-order valence-electron chi connectivity index (χ0n) is 13.1. The van der Waals surface area contributed by atoms with Gasteiger partial charge >= 0.3 is 0 Å². The van der Waals surface area contributed by atoms with Gasteiger partial charge in [-0.05, 0) is 53.3 Å². The Morgan fingerprint density at radius 2 is 1.95 bits per heavy atom. The highest BCUT2D eigenvalue weighted by Gasteiger charge is 2.45. The van der Waals surface area contributed by atoms with Gasteiger partial charge in [-0.25, -0.2) is 18.1 Å². The molecule has 21 heavy (non-hydrogen) atoms. The number of nitrogens with zero attached hydrogens (tertiary/aromatic N) is 1. The molecule has 2 heterocycles. The number of rotatable bonds is 4. The van der Waals surface area contributed by atoms with Crippen LogP contribution in [0.5, 0.6) is 0 Å². The lowest BCUT2D eigenvalue weighted by molar-refractivity contribution is -0.0662. The Hall–Kier alpha value is -1.18. The Kier molecular flexibility index (Phi) is 4.03. The summed E-state index contributed by atoms with van der Waals surface area (Å²) in [5.74, 6) is 0.643. The van der Waals surface area contributed by atoms with Gasteiger partial charge in [-0.2, -0.15) is 0 Å². The van der Waals surface area contributed by atoms with E-state index in [9.17, 15) is 8.42 Å². The molecule has 0 bridgehead atoms. The van der Waals surface area contributed by atoms with E-state index in [2.05, 4.69) is 28.9 Å². The molecule has 0 amide bonds. The molecule has 1 fully saturated rings. The maximum absolute atomic E-state index is 11.7. The van der Waals surface area contributed by atoms with Crippen molar-refractivity contribution in [1.29, 1.82) is 0 Å². The molecule has 0 aromatic carbocycles. The maximum atomic E-state index is 11.7. The fraction of sp³-hybridized carbons (Fsp3) is 0.643. The Balaban J connectivity index is 2.15. The van der Waals surface area contributed by atoms with Crippen LogP contribution >= 0.6 is 0 Å². The molecule has 1 aliphatic rings. The molecule has 118 valence electrons. The van der Waals surface area contributed by atoms with Crippen molar-refractivity contribution in [3.05, 3.63) is 18.3 Å². The zero-order chi connectivity index (χ0) is 15.9. The zero-order valence-corrected chi connectivity index (χ0v) is 13.9. The van der Waals surface area contributed by atoms with Crippen molar-refractivity contribution in [2.24, 2.45) is 0 Å². The summed E-state index contributed by atoms with van der Waals surface area (Å²) in [6.45, 7) is 8.21. The minimum atomic E-state index is -3.45. The Morgan fingerprint density at radius 3 is 2.38 bits per heavy atom. The SMILES string of the molecule is CNS(=O)(=O)c1ccc(NC2CC(C)(C)OC2(C)C)nc1. The summed E-state index contributed by atoms with van der Waals surface area (Å²) < 4.78 is 31.6. The lowest BCUT2D eigenvalue weighted by Gasteiger charge is -2.28. The second kappa shape index (κ2) is 5.23. The molecule has 0 radical (unpaired) electrons.